The lowest BCUT2D eigenvalue weighted by molar-refractivity contribution is 0.525. The Labute approximate surface area is 148 Å². The molecule has 1 atom stereocenters. The number of halogens is 1. The van der Waals surface area contributed by atoms with Gasteiger partial charge in [0.1, 0.15) is 0 Å². The van der Waals surface area contributed by atoms with Gasteiger partial charge in [-0.15, -0.1) is 0 Å². The van der Waals surface area contributed by atoms with E-state index in [1.165, 1.54) is 5.56 Å². The second-order valence-electron chi connectivity index (χ2n) is 6.06. The van der Waals surface area contributed by atoms with Crippen molar-refractivity contribution in [1.29, 1.82) is 0 Å². The number of nitrogens with one attached hydrogen (secondary N) is 1. The molecule has 0 radical (unpaired) electrons. The van der Waals surface area contributed by atoms with Crippen molar-refractivity contribution in [2.45, 2.75) is 25.9 Å². The Morgan fingerprint density at radius 3 is 2.67 bits per heavy atom. The summed E-state index contributed by atoms with van der Waals surface area (Å²) in [5, 5.41) is 0.674. The van der Waals surface area contributed by atoms with E-state index in [0.29, 0.717) is 18.0 Å². The summed E-state index contributed by atoms with van der Waals surface area (Å²) in [5.41, 5.74) is 3.39. The average molecular weight is 365 g/mol. The van der Waals surface area contributed by atoms with Crippen LogP contribution in [0.15, 0.2) is 48.5 Å². The predicted molar refractivity (Wildman–Crippen MR) is 99.0 cm³/mol. The standard InChI is InChI=1S/C18H21ClN2O2S/c1-2-24(22,23)20-17-11-15-10-16(19)8-9-18(15)21(13-17)12-14-6-4-3-5-7-14/h3-10,17,20H,2,11-13H2,1H3. The molecule has 0 saturated heterocycles. The number of anilines is 1. The molecule has 1 N–H and O–H groups in total. The van der Waals surface area contributed by atoms with Crippen LogP contribution in [0.5, 0.6) is 0 Å². The number of benzene rings is 2. The lowest BCUT2D eigenvalue weighted by atomic mass is 9.98. The summed E-state index contributed by atoms with van der Waals surface area (Å²) >= 11 is 6.14. The van der Waals surface area contributed by atoms with Crippen molar-refractivity contribution in [2.75, 3.05) is 17.2 Å². The molecule has 0 bridgehead atoms. The molecule has 1 heterocycles. The molecule has 1 unspecified atom stereocenters. The van der Waals surface area contributed by atoms with Crippen molar-refractivity contribution in [3.05, 3.63) is 64.7 Å². The molecule has 0 aromatic heterocycles. The van der Waals surface area contributed by atoms with Gasteiger partial charge in [-0.05, 0) is 42.7 Å². The Kier molecular flexibility index (Phi) is 5.13. The van der Waals surface area contributed by atoms with Crippen LogP contribution >= 0.6 is 11.6 Å². The van der Waals surface area contributed by atoms with E-state index < -0.39 is 10.0 Å². The van der Waals surface area contributed by atoms with E-state index in [1.807, 2.05) is 36.4 Å². The molecule has 1 aliphatic heterocycles. The molecule has 2 aromatic carbocycles. The normalized spacial score (nSPS) is 17.6. The Hall–Kier alpha value is -1.56. The van der Waals surface area contributed by atoms with Gasteiger partial charge in [-0.2, -0.15) is 0 Å². The maximum atomic E-state index is 12.0. The first kappa shape index (κ1) is 17.3. The minimum absolute atomic E-state index is 0.0879. The monoisotopic (exact) mass is 364 g/mol. The minimum Gasteiger partial charge on any atom is -0.365 e. The smallest absolute Gasteiger partial charge is 0.211 e. The van der Waals surface area contributed by atoms with Gasteiger partial charge in [-0.1, -0.05) is 41.9 Å². The van der Waals surface area contributed by atoms with Crippen molar-refractivity contribution in [3.63, 3.8) is 0 Å². The highest BCUT2D eigenvalue weighted by molar-refractivity contribution is 7.89. The highest BCUT2D eigenvalue weighted by Crippen LogP contribution is 2.31. The molecule has 6 heteroatoms. The van der Waals surface area contributed by atoms with Gasteiger partial charge in [0, 0.05) is 29.8 Å². The molecule has 1 aliphatic rings. The Morgan fingerprint density at radius 1 is 1.21 bits per heavy atom. The molecule has 0 aliphatic carbocycles. The van der Waals surface area contributed by atoms with Gasteiger partial charge >= 0.3 is 0 Å². The van der Waals surface area contributed by atoms with Crippen LogP contribution in [0.25, 0.3) is 0 Å². The fraction of sp³-hybridized carbons (Fsp3) is 0.333. The maximum Gasteiger partial charge on any atom is 0.211 e. The van der Waals surface area contributed by atoms with Crippen molar-refractivity contribution in [3.8, 4) is 0 Å². The number of hydrogen-bond donors (Lipinski definition) is 1. The third kappa shape index (κ3) is 4.09. The Morgan fingerprint density at radius 2 is 1.96 bits per heavy atom. The Balaban J connectivity index is 1.89. The summed E-state index contributed by atoms with van der Waals surface area (Å²) in [6, 6.07) is 15.9. The molecule has 128 valence electrons. The number of hydrogen-bond acceptors (Lipinski definition) is 3. The van der Waals surface area contributed by atoms with Crippen molar-refractivity contribution in [2.24, 2.45) is 0 Å². The third-order valence-corrected chi connectivity index (χ3v) is 5.92. The van der Waals surface area contributed by atoms with Crippen LogP contribution in [-0.4, -0.2) is 26.8 Å². The van der Waals surface area contributed by atoms with E-state index >= 15 is 0 Å². The number of nitrogens with zero attached hydrogens (tertiary/aromatic N) is 1. The molecule has 0 saturated carbocycles. The number of fused-ring (bicyclic) bond motifs is 1. The van der Waals surface area contributed by atoms with Crippen molar-refractivity contribution >= 4 is 27.3 Å². The van der Waals surface area contributed by atoms with E-state index in [4.69, 9.17) is 11.6 Å². The van der Waals surface area contributed by atoms with Gasteiger partial charge in [0.15, 0.2) is 0 Å². The van der Waals surface area contributed by atoms with Crippen LogP contribution in [0.4, 0.5) is 5.69 Å². The highest BCUT2D eigenvalue weighted by Gasteiger charge is 2.27. The molecule has 4 nitrogen and oxygen atoms in total. The Bertz CT molecular complexity index is 809. The maximum absolute atomic E-state index is 12.0. The fourth-order valence-corrected chi connectivity index (χ4v) is 4.12. The van der Waals surface area contributed by atoms with Gasteiger partial charge in [0.2, 0.25) is 10.0 Å². The summed E-state index contributed by atoms with van der Waals surface area (Å²) < 4.78 is 26.7. The largest absolute Gasteiger partial charge is 0.365 e. The zero-order chi connectivity index (χ0) is 17.2. The molecular formula is C18H21ClN2O2S. The van der Waals surface area contributed by atoms with Crippen LogP contribution in [0, 0.1) is 0 Å². The zero-order valence-corrected chi connectivity index (χ0v) is 15.1. The molecular weight excluding hydrogens is 344 g/mol. The van der Waals surface area contributed by atoms with E-state index in [1.54, 1.807) is 6.92 Å². The van der Waals surface area contributed by atoms with E-state index in [0.717, 1.165) is 17.8 Å². The first-order valence-electron chi connectivity index (χ1n) is 8.04. The van der Waals surface area contributed by atoms with Crippen molar-refractivity contribution < 1.29 is 8.42 Å². The topological polar surface area (TPSA) is 49.4 Å². The SMILES string of the molecule is CCS(=O)(=O)NC1Cc2cc(Cl)ccc2N(Cc2ccccc2)C1. The van der Waals surface area contributed by atoms with Crippen LogP contribution in [-0.2, 0) is 23.0 Å². The summed E-state index contributed by atoms with van der Waals surface area (Å²) in [6.45, 7) is 3.03. The van der Waals surface area contributed by atoms with Crippen LogP contribution in [0.1, 0.15) is 18.1 Å². The van der Waals surface area contributed by atoms with E-state index in [-0.39, 0.29) is 11.8 Å². The van der Waals surface area contributed by atoms with E-state index in [9.17, 15) is 8.42 Å². The first-order chi connectivity index (χ1) is 11.5. The van der Waals surface area contributed by atoms with Crippen LogP contribution in [0.2, 0.25) is 5.02 Å². The van der Waals surface area contributed by atoms with Crippen LogP contribution < -0.4 is 9.62 Å². The predicted octanol–water partition coefficient (Wildman–Crippen LogP) is 3.21. The van der Waals surface area contributed by atoms with Gasteiger partial charge in [0.25, 0.3) is 0 Å². The second kappa shape index (κ2) is 7.13. The number of sulfonamides is 1. The first-order valence-corrected chi connectivity index (χ1v) is 10.1. The van der Waals surface area contributed by atoms with E-state index in [2.05, 4.69) is 21.8 Å². The quantitative estimate of drug-likeness (QED) is 0.886. The van der Waals surface area contributed by atoms with Gasteiger partial charge in [0.05, 0.1) is 5.75 Å². The number of rotatable bonds is 5. The molecule has 0 amide bonds. The second-order valence-corrected chi connectivity index (χ2v) is 8.54. The summed E-state index contributed by atoms with van der Waals surface area (Å²) in [6.07, 6.45) is 0.653. The fourth-order valence-electron chi connectivity index (χ4n) is 3.09. The zero-order valence-electron chi connectivity index (χ0n) is 13.6. The lowest BCUT2D eigenvalue weighted by Gasteiger charge is -2.36. The minimum atomic E-state index is -3.24. The molecule has 2 aromatic rings. The molecule has 24 heavy (non-hydrogen) atoms. The average Bonchev–Trinajstić information content (AvgIpc) is 2.55. The summed E-state index contributed by atoms with van der Waals surface area (Å²) in [7, 11) is -3.24. The molecule has 0 fully saturated rings. The summed E-state index contributed by atoms with van der Waals surface area (Å²) in [4.78, 5) is 2.22. The highest BCUT2D eigenvalue weighted by atomic mass is 35.5. The lowest BCUT2D eigenvalue weighted by Crippen LogP contribution is -2.48. The third-order valence-electron chi connectivity index (χ3n) is 4.23. The molecule has 3 rings (SSSR count). The van der Waals surface area contributed by atoms with Gasteiger partial charge in [-0.3, -0.25) is 0 Å². The van der Waals surface area contributed by atoms with Crippen molar-refractivity contribution in [1.82, 2.24) is 4.72 Å². The molecule has 0 spiro atoms. The summed E-state index contributed by atoms with van der Waals surface area (Å²) in [5.74, 6) is 0.0879. The van der Waals surface area contributed by atoms with Crippen LogP contribution in [0.3, 0.4) is 0 Å². The van der Waals surface area contributed by atoms with Gasteiger partial charge < -0.3 is 4.90 Å². The van der Waals surface area contributed by atoms with Gasteiger partial charge in [-0.25, -0.2) is 13.1 Å².